The van der Waals surface area contributed by atoms with E-state index < -0.39 is 0 Å². The Morgan fingerprint density at radius 1 is 1.33 bits per heavy atom. The number of nitrogens with one attached hydrogen (secondary N) is 2. The highest BCUT2D eigenvalue weighted by Crippen LogP contribution is 2.24. The predicted molar refractivity (Wildman–Crippen MR) is 75.8 cm³/mol. The van der Waals surface area contributed by atoms with E-state index in [0.29, 0.717) is 17.7 Å². The first kappa shape index (κ1) is 13.3. The highest BCUT2D eigenvalue weighted by atomic mass is 32.1. The van der Waals surface area contributed by atoms with Crippen molar-refractivity contribution in [2.75, 3.05) is 0 Å². The van der Waals surface area contributed by atoms with Crippen LogP contribution >= 0.6 is 12.2 Å². The van der Waals surface area contributed by atoms with Crippen molar-refractivity contribution in [2.45, 2.75) is 38.8 Å². The van der Waals surface area contributed by atoms with Gasteiger partial charge in [-0.3, -0.25) is 0 Å². The fourth-order valence-electron chi connectivity index (χ4n) is 2.36. The molecular formula is C14H19FN2S. The van der Waals surface area contributed by atoms with Gasteiger partial charge in [-0.15, -0.1) is 0 Å². The van der Waals surface area contributed by atoms with Crippen molar-refractivity contribution in [3.8, 4) is 0 Å². The number of hydrogen-bond acceptors (Lipinski definition) is 1. The smallest absolute Gasteiger partial charge is 0.166 e. The Labute approximate surface area is 113 Å². The van der Waals surface area contributed by atoms with Gasteiger partial charge < -0.3 is 10.6 Å². The standard InChI is InChI=1S/C14H19FN2S/c1-10-2-7-13(8-10)17-14(18)16-9-11-3-5-12(15)6-4-11/h3-6,10,13H,2,7-9H2,1H3,(H2,16,17,18). The molecule has 98 valence electrons. The lowest BCUT2D eigenvalue weighted by Crippen LogP contribution is -2.40. The van der Waals surface area contributed by atoms with Gasteiger partial charge in [0, 0.05) is 12.6 Å². The second kappa shape index (κ2) is 6.14. The van der Waals surface area contributed by atoms with Gasteiger partial charge in [0.2, 0.25) is 0 Å². The van der Waals surface area contributed by atoms with Crippen molar-refractivity contribution in [2.24, 2.45) is 5.92 Å². The van der Waals surface area contributed by atoms with Crippen LogP contribution in [0.4, 0.5) is 4.39 Å². The Kier molecular flexibility index (Phi) is 4.53. The summed E-state index contributed by atoms with van der Waals surface area (Å²) in [5.41, 5.74) is 1.03. The minimum atomic E-state index is -0.209. The van der Waals surface area contributed by atoms with Crippen molar-refractivity contribution in [3.05, 3.63) is 35.6 Å². The zero-order chi connectivity index (χ0) is 13.0. The molecule has 0 bridgehead atoms. The number of hydrogen-bond donors (Lipinski definition) is 2. The van der Waals surface area contributed by atoms with E-state index in [2.05, 4.69) is 17.6 Å². The van der Waals surface area contributed by atoms with Crippen molar-refractivity contribution < 1.29 is 4.39 Å². The normalized spacial score (nSPS) is 22.8. The zero-order valence-corrected chi connectivity index (χ0v) is 11.4. The molecule has 0 heterocycles. The van der Waals surface area contributed by atoms with E-state index in [9.17, 15) is 4.39 Å². The van der Waals surface area contributed by atoms with Crippen LogP contribution in [0.5, 0.6) is 0 Å². The summed E-state index contributed by atoms with van der Waals surface area (Å²) in [5.74, 6) is 0.585. The molecule has 1 aromatic carbocycles. The molecule has 1 aliphatic rings. The number of benzene rings is 1. The summed E-state index contributed by atoms with van der Waals surface area (Å²) in [7, 11) is 0. The second-order valence-electron chi connectivity index (χ2n) is 5.07. The van der Waals surface area contributed by atoms with Gasteiger partial charge in [0.25, 0.3) is 0 Å². The SMILES string of the molecule is CC1CCC(NC(=S)NCc2ccc(F)cc2)C1. The van der Waals surface area contributed by atoms with Crippen LogP contribution in [0.3, 0.4) is 0 Å². The van der Waals surface area contributed by atoms with E-state index in [1.54, 1.807) is 12.1 Å². The van der Waals surface area contributed by atoms with E-state index in [1.165, 1.54) is 31.4 Å². The van der Waals surface area contributed by atoms with E-state index in [4.69, 9.17) is 12.2 Å². The fourth-order valence-corrected chi connectivity index (χ4v) is 2.60. The Bertz CT molecular complexity index is 405. The Morgan fingerprint density at radius 3 is 2.67 bits per heavy atom. The molecular weight excluding hydrogens is 247 g/mol. The number of thiocarbonyl (C=S) groups is 1. The van der Waals surface area contributed by atoms with Gasteiger partial charge >= 0.3 is 0 Å². The minimum Gasteiger partial charge on any atom is -0.360 e. The molecule has 1 saturated carbocycles. The molecule has 2 N–H and O–H groups in total. The summed E-state index contributed by atoms with van der Waals surface area (Å²) in [5, 5.41) is 7.19. The molecule has 0 aromatic heterocycles. The number of halogens is 1. The second-order valence-corrected chi connectivity index (χ2v) is 5.48. The van der Waals surface area contributed by atoms with Gasteiger partial charge in [-0.2, -0.15) is 0 Å². The third-order valence-electron chi connectivity index (χ3n) is 3.40. The highest BCUT2D eigenvalue weighted by molar-refractivity contribution is 7.80. The third kappa shape index (κ3) is 3.95. The van der Waals surface area contributed by atoms with Crippen LogP contribution in [-0.4, -0.2) is 11.2 Å². The van der Waals surface area contributed by atoms with Gasteiger partial charge in [-0.1, -0.05) is 19.1 Å². The summed E-state index contributed by atoms with van der Waals surface area (Å²) in [6.45, 7) is 2.91. The molecule has 4 heteroatoms. The quantitative estimate of drug-likeness (QED) is 0.823. The Balaban J connectivity index is 1.73. The molecule has 0 spiro atoms. The molecule has 1 aromatic rings. The van der Waals surface area contributed by atoms with Gasteiger partial charge in [0.05, 0.1) is 0 Å². The summed E-state index contributed by atoms with van der Waals surface area (Å²) >= 11 is 5.26. The predicted octanol–water partition coefficient (Wildman–Crippen LogP) is 2.98. The highest BCUT2D eigenvalue weighted by Gasteiger charge is 2.21. The molecule has 1 fully saturated rings. The van der Waals surface area contributed by atoms with Gasteiger partial charge in [-0.05, 0) is 55.1 Å². The largest absolute Gasteiger partial charge is 0.360 e. The summed E-state index contributed by atoms with van der Waals surface area (Å²) in [6.07, 6.45) is 3.66. The van der Waals surface area contributed by atoms with E-state index >= 15 is 0 Å². The monoisotopic (exact) mass is 266 g/mol. The van der Waals surface area contributed by atoms with Crippen LogP contribution in [0.15, 0.2) is 24.3 Å². The molecule has 0 saturated heterocycles. The molecule has 0 radical (unpaired) electrons. The average molecular weight is 266 g/mol. The van der Waals surface area contributed by atoms with Crippen LogP contribution in [0.2, 0.25) is 0 Å². The van der Waals surface area contributed by atoms with E-state index in [0.717, 1.165) is 11.5 Å². The molecule has 18 heavy (non-hydrogen) atoms. The zero-order valence-electron chi connectivity index (χ0n) is 10.6. The topological polar surface area (TPSA) is 24.1 Å². The lowest BCUT2D eigenvalue weighted by atomic mass is 10.1. The van der Waals surface area contributed by atoms with Gasteiger partial charge in [0.1, 0.15) is 5.82 Å². The van der Waals surface area contributed by atoms with Crippen molar-refractivity contribution in [1.82, 2.24) is 10.6 Å². The molecule has 2 unspecified atom stereocenters. The summed E-state index contributed by atoms with van der Waals surface area (Å²) < 4.78 is 12.7. The van der Waals surface area contributed by atoms with Gasteiger partial charge in [0.15, 0.2) is 5.11 Å². The Hall–Kier alpha value is -1.16. The molecule has 0 aliphatic heterocycles. The first-order valence-electron chi connectivity index (χ1n) is 6.42. The lowest BCUT2D eigenvalue weighted by Gasteiger charge is -2.16. The van der Waals surface area contributed by atoms with Crippen LogP contribution in [0, 0.1) is 11.7 Å². The first-order valence-corrected chi connectivity index (χ1v) is 6.83. The Morgan fingerprint density at radius 2 is 2.06 bits per heavy atom. The van der Waals surface area contributed by atoms with Crippen LogP contribution < -0.4 is 10.6 Å². The van der Waals surface area contributed by atoms with Crippen LogP contribution in [0.1, 0.15) is 31.7 Å². The van der Waals surface area contributed by atoms with E-state index in [-0.39, 0.29) is 5.82 Å². The van der Waals surface area contributed by atoms with Crippen LogP contribution in [0.25, 0.3) is 0 Å². The first-order chi connectivity index (χ1) is 8.63. The van der Waals surface area contributed by atoms with Crippen molar-refractivity contribution >= 4 is 17.3 Å². The average Bonchev–Trinajstić information content (AvgIpc) is 2.74. The molecule has 2 nitrogen and oxygen atoms in total. The summed E-state index contributed by atoms with van der Waals surface area (Å²) in [4.78, 5) is 0. The number of rotatable bonds is 3. The van der Waals surface area contributed by atoms with Crippen molar-refractivity contribution in [1.29, 1.82) is 0 Å². The molecule has 1 aliphatic carbocycles. The fraction of sp³-hybridized carbons (Fsp3) is 0.500. The lowest BCUT2D eigenvalue weighted by molar-refractivity contribution is 0.567. The van der Waals surface area contributed by atoms with Crippen LogP contribution in [-0.2, 0) is 6.54 Å². The third-order valence-corrected chi connectivity index (χ3v) is 3.66. The maximum Gasteiger partial charge on any atom is 0.166 e. The molecule has 2 atom stereocenters. The maximum absolute atomic E-state index is 12.7. The minimum absolute atomic E-state index is 0.209. The maximum atomic E-state index is 12.7. The molecule has 0 amide bonds. The van der Waals surface area contributed by atoms with E-state index in [1.807, 2.05) is 0 Å². The summed E-state index contributed by atoms with van der Waals surface area (Å²) in [6, 6.07) is 6.97. The van der Waals surface area contributed by atoms with Gasteiger partial charge in [-0.25, -0.2) is 4.39 Å². The van der Waals surface area contributed by atoms with Crippen molar-refractivity contribution in [3.63, 3.8) is 0 Å². The molecule has 2 rings (SSSR count).